The molecule has 2 bridgehead atoms. The van der Waals surface area contributed by atoms with Gasteiger partial charge in [-0.2, -0.15) is 0 Å². The minimum Gasteiger partial charge on any atom is -0.477 e. The van der Waals surface area contributed by atoms with Crippen molar-refractivity contribution in [2.45, 2.75) is 63.8 Å². The Morgan fingerprint density at radius 2 is 2.08 bits per heavy atom. The molecule has 2 fully saturated rings. The van der Waals surface area contributed by atoms with Gasteiger partial charge in [-0.05, 0) is 45.6 Å². The smallest absolute Gasteiger partial charge is 0.255 e. The number of rotatable bonds is 4. The number of ether oxygens (including phenoxy) is 1. The van der Waals surface area contributed by atoms with Gasteiger partial charge in [0, 0.05) is 24.2 Å². The summed E-state index contributed by atoms with van der Waals surface area (Å²) in [4.78, 5) is 12.8. The summed E-state index contributed by atoms with van der Waals surface area (Å²) in [7, 11) is 0. The first-order valence-electron chi connectivity index (χ1n) is 8.71. The highest BCUT2D eigenvalue weighted by Crippen LogP contribution is 2.31. The van der Waals surface area contributed by atoms with E-state index in [1.165, 1.54) is 12.8 Å². The van der Waals surface area contributed by atoms with Crippen molar-refractivity contribution < 1.29 is 9.53 Å². The zero-order valence-corrected chi connectivity index (χ0v) is 15.3. The number of piperidine rings is 1. The first kappa shape index (κ1) is 17.9. The zero-order valence-electron chi connectivity index (χ0n) is 14.6. The number of nitrogens with one attached hydrogen (secondary N) is 2. The number of anilines is 1. The van der Waals surface area contributed by atoms with Crippen LogP contribution in [-0.4, -0.2) is 30.1 Å². The second kappa shape index (κ2) is 7.55. The quantitative estimate of drug-likeness (QED) is 0.569. The Labute approximate surface area is 153 Å². The van der Waals surface area contributed by atoms with Gasteiger partial charge in [0.05, 0.1) is 16.3 Å². The molecular weight excluding hydrogens is 338 g/mol. The summed E-state index contributed by atoms with van der Waals surface area (Å²) < 4.78 is 5.80. The number of carbonyl (C=O) groups is 1. The van der Waals surface area contributed by atoms with Crippen molar-refractivity contribution in [2.24, 2.45) is 0 Å². The third kappa shape index (κ3) is 4.20. The predicted molar refractivity (Wildman–Crippen MR) is 99.8 cm³/mol. The fraction of sp³-hybridized carbons (Fsp3) is 0.526. The summed E-state index contributed by atoms with van der Waals surface area (Å²) in [5.41, 5.74) is 6.66. The standard InChI is InChI=1S/C19H24ClN3O2/c1-3-4-11(2)25-18-10-17(21)16(20)9-15(18)19(24)23-14-7-12-5-6-13(8-14)22-12/h9-14,22H,5-8,21H2,1-2H3,(H,23,24)/t11-,12?,13?,14?/m0/s1. The molecule has 2 saturated heterocycles. The number of nitrogens with two attached hydrogens (primary N) is 1. The van der Waals surface area contributed by atoms with Gasteiger partial charge in [-0.25, -0.2) is 0 Å². The lowest BCUT2D eigenvalue weighted by Gasteiger charge is -2.30. The van der Waals surface area contributed by atoms with E-state index in [2.05, 4.69) is 22.5 Å². The SMILES string of the molecule is CC#C[C@H](C)Oc1cc(N)c(Cl)cc1C(=O)NC1CC2CCC(C1)N2. The minimum atomic E-state index is -0.341. The molecule has 3 rings (SSSR count). The second-order valence-electron chi connectivity index (χ2n) is 6.80. The van der Waals surface area contributed by atoms with Crippen molar-refractivity contribution in [3.63, 3.8) is 0 Å². The number of hydrogen-bond acceptors (Lipinski definition) is 4. The van der Waals surface area contributed by atoms with Crippen LogP contribution in [0.2, 0.25) is 5.02 Å². The monoisotopic (exact) mass is 361 g/mol. The second-order valence-corrected chi connectivity index (χ2v) is 7.21. The van der Waals surface area contributed by atoms with E-state index in [4.69, 9.17) is 22.1 Å². The molecule has 1 aromatic rings. The number of amides is 1. The van der Waals surface area contributed by atoms with Gasteiger partial charge in [-0.3, -0.25) is 4.79 Å². The van der Waals surface area contributed by atoms with Crippen LogP contribution in [0.1, 0.15) is 49.9 Å². The van der Waals surface area contributed by atoms with Gasteiger partial charge in [0.1, 0.15) is 5.75 Å². The van der Waals surface area contributed by atoms with Gasteiger partial charge in [0.2, 0.25) is 0 Å². The molecule has 4 N–H and O–H groups in total. The molecule has 3 atom stereocenters. The maximum Gasteiger partial charge on any atom is 0.255 e. The van der Waals surface area contributed by atoms with Gasteiger partial charge in [-0.1, -0.05) is 17.5 Å². The average Bonchev–Trinajstić information content (AvgIpc) is 2.89. The maximum atomic E-state index is 12.8. The molecule has 0 aromatic heterocycles. The van der Waals surface area contributed by atoms with Crippen molar-refractivity contribution in [1.29, 1.82) is 0 Å². The molecule has 25 heavy (non-hydrogen) atoms. The molecule has 0 saturated carbocycles. The van der Waals surface area contributed by atoms with Gasteiger partial charge in [0.15, 0.2) is 6.10 Å². The van der Waals surface area contributed by atoms with E-state index in [9.17, 15) is 4.79 Å². The Hall–Kier alpha value is -1.90. The molecule has 1 amide bonds. The lowest BCUT2D eigenvalue weighted by Crippen LogP contribution is -2.48. The summed E-state index contributed by atoms with van der Waals surface area (Å²) in [6, 6.07) is 4.35. The number of benzene rings is 1. The van der Waals surface area contributed by atoms with Crippen molar-refractivity contribution in [1.82, 2.24) is 10.6 Å². The van der Waals surface area contributed by atoms with E-state index in [0.29, 0.717) is 34.1 Å². The molecule has 134 valence electrons. The van der Waals surface area contributed by atoms with E-state index in [-0.39, 0.29) is 18.1 Å². The average molecular weight is 362 g/mol. The van der Waals surface area contributed by atoms with Crippen LogP contribution in [0.5, 0.6) is 5.75 Å². The molecule has 2 aliphatic rings. The van der Waals surface area contributed by atoms with Crippen LogP contribution in [-0.2, 0) is 0 Å². The van der Waals surface area contributed by atoms with Crippen LogP contribution >= 0.6 is 11.6 Å². The molecule has 2 unspecified atom stereocenters. The summed E-state index contributed by atoms with van der Waals surface area (Å²) in [6.07, 6.45) is 3.95. The fourth-order valence-corrected chi connectivity index (χ4v) is 3.87. The zero-order chi connectivity index (χ0) is 18.0. The molecular formula is C19H24ClN3O2. The number of nitrogen functional groups attached to an aromatic ring is 1. The van der Waals surface area contributed by atoms with Crippen LogP contribution in [0.15, 0.2) is 12.1 Å². The van der Waals surface area contributed by atoms with Crippen molar-refractivity contribution in [3.8, 4) is 17.6 Å². The summed E-state index contributed by atoms with van der Waals surface area (Å²) >= 11 is 6.13. The molecule has 1 aromatic carbocycles. The first-order valence-corrected chi connectivity index (χ1v) is 9.09. The topological polar surface area (TPSA) is 76.4 Å². The molecule has 0 spiro atoms. The van der Waals surface area contributed by atoms with Gasteiger partial charge < -0.3 is 21.1 Å². The van der Waals surface area contributed by atoms with Crippen LogP contribution in [0.4, 0.5) is 5.69 Å². The normalized spacial score (nSPS) is 25.6. The highest BCUT2D eigenvalue weighted by atomic mass is 35.5. The van der Waals surface area contributed by atoms with Crippen LogP contribution < -0.4 is 21.1 Å². The molecule has 6 heteroatoms. The van der Waals surface area contributed by atoms with Gasteiger partial charge in [-0.15, -0.1) is 5.92 Å². The Morgan fingerprint density at radius 3 is 2.72 bits per heavy atom. The molecule has 2 aliphatic heterocycles. The van der Waals surface area contributed by atoms with Crippen LogP contribution in [0.25, 0.3) is 0 Å². The first-order chi connectivity index (χ1) is 12.0. The van der Waals surface area contributed by atoms with Crippen LogP contribution in [0.3, 0.4) is 0 Å². The lowest BCUT2D eigenvalue weighted by molar-refractivity contribution is 0.0919. The number of hydrogen-bond donors (Lipinski definition) is 3. The Balaban J connectivity index is 1.78. The largest absolute Gasteiger partial charge is 0.477 e. The van der Waals surface area contributed by atoms with Crippen molar-refractivity contribution in [3.05, 3.63) is 22.7 Å². The molecule has 0 aliphatic carbocycles. The Bertz CT molecular complexity index is 713. The van der Waals surface area contributed by atoms with E-state index in [0.717, 1.165) is 12.8 Å². The van der Waals surface area contributed by atoms with Gasteiger partial charge >= 0.3 is 0 Å². The van der Waals surface area contributed by atoms with Crippen LogP contribution in [0, 0.1) is 11.8 Å². The lowest BCUT2D eigenvalue weighted by atomic mass is 9.99. The summed E-state index contributed by atoms with van der Waals surface area (Å²) in [5.74, 6) is 5.94. The number of halogens is 1. The molecule has 5 nitrogen and oxygen atoms in total. The number of carbonyl (C=O) groups excluding carboxylic acids is 1. The van der Waals surface area contributed by atoms with E-state index < -0.39 is 0 Å². The molecule has 2 heterocycles. The Kier molecular flexibility index (Phi) is 5.41. The highest BCUT2D eigenvalue weighted by molar-refractivity contribution is 6.33. The fourth-order valence-electron chi connectivity index (χ4n) is 3.71. The maximum absolute atomic E-state index is 12.8. The highest BCUT2D eigenvalue weighted by Gasteiger charge is 2.34. The van der Waals surface area contributed by atoms with E-state index in [1.807, 2.05) is 6.92 Å². The third-order valence-electron chi connectivity index (χ3n) is 4.80. The van der Waals surface area contributed by atoms with E-state index in [1.54, 1.807) is 19.1 Å². The summed E-state index contributed by atoms with van der Waals surface area (Å²) in [5, 5.41) is 7.05. The van der Waals surface area contributed by atoms with Gasteiger partial charge in [0.25, 0.3) is 5.91 Å². The molecule has 0 radical (unpaired) electrons. The Morgan fingerprint density at radius 1 is 1.40 bits per heavy atom. The minimum absolute atomic E-state index is 0.170. The van der Waals surface area contributed by atoms with E-state index >= 15 is 0 Å². The van der Waals surface area contributed by atoms with Crippen molar-refractivity contribution >= 4 is 23.2 Å². The van der Waals surface area contributed by atoms with Crippen molar-refractivity contribution in [2.75, 3.05) is 5.73 Å². The number of fused-ring (bicyclic) bond motifs is 2. The third-order valence-corrected chi connectivity index (χ3v) is 5.13. The predicted octanol–water partition coefficient (Wildman–Crippen LogP) is 2.73. The summed E-state index contributed by atoms with van der Waals surface area (Å²) in [6.45, 7) is 3.57.